The number of fused-ring (bicyclic) bond motifs is 1. The van der Waals surface area contributed by atoms with Crippen molar-refractivity contribution in [3.8, 4) is 34.5 Å². The van der Waals surface area contributed by atoms with Gasteiger partial charge in [0.05, 0.1) is 35.5 Å². The quantitative estimate of drug-likeness (QED) is 0.0532. The molecule has 6 rings (SSSR count). The van der Waals surface area contributed by atoms with Crippen LogP contribution in [0.3, 0.4) is 0 Å². The largest absolute Gasteiger partial charge is 0.494 e. The normalized spacial score (nSPS) is 10.8. The van der Waals surface area contributed by atoms with E-state index in [1.165, 1.54) is 60.7 Å². The van der Waals surface area contributed by atoms with Crippen LogP contribution in [0.1, 0.15) is 81.0 Å². The molecule has 0 heterocycles. The Bertz CT molecular complexity index is 2260. The Kier molecular flexibility index (Phi) is 13.4. The van der Waals surface area contributed by atoms with Crippen molar-refractivity contribution in [1.29, 1.82) is 0 Å². The second-order valence-corrected chi connectivity index (χ2v) is 13.0. The fourth-order valence-electron chi connectivity index (χ4n) is 5.44. The van der Waals surface area contributed by atoms with Gasteiger partial charge in [-0.1, -0.05) is 38.8 Å². The number of carbonyl (C=O) groups is 4. The second-order valence-electron chi connectivity index (χ2n) is 13.0. The summed E-state index contributed by atoms with van der Waals surface area (Å²) in [5.41, 5.74) is 0.108. The molecular weight excluding hydrogens is 750 g/mol. The summed E-state index contributed by atoms with van der Waals surface area (Å²) in [6.45, 7) is 5.21. The minimum atomic E-state index is -0.947. The maximum absolute atomic E-state index is 15.0. The maximum Gasteiger partial charge on any atom is 0.343 e. The van der Waals surface area contributed by atoms with Crippen molar-refractivity contribution in [2.75, 3.05) is 13.2 Å². The highest BCUT2D eigenvalue weighted by atomic mass is 19.1. The summed E-state index contributed by atoms with van der Waals surface area (Å²) in [5, 5.41) is 1.24. The Hall–Kier alpha value is -7.08. The van der Waals surface area contributed by atoms with Crippen LogP contribution in [0.15, 0.2) is 121 Å². The molecule has 0 aliphatic carbocycles. The van der Waals surface area contributed by atoms with Gasteiger partial charge in [0.2, 0.25) is 0 Å². The first-order valence-corrected chi connectivity index (χ1v) is 18.6. The molecule has 0 unspecified atom stereocenters. The van der Waals surface area contributed by atoms with Gasteiger partial charge >= 0.3 is 23.9 Å². The smallest absolute Gasteiger partial charge is 0.343 e. The molecule has 0 radical (unpaired) electrons. The lowest BCUT2D eigenvalue weighted by atomic mass is 10.1. The summed E-state index contributed by atoms with van der Waals surface area (Å²) in [6.07, 6.45) is 3.77. The molecule has 0 saturated heterocycles. The second kappa shape index (κ2) is 19.2. The van der Waals surface area contributed by atoms with E-state index in [2.05, 4.69) is 0 Å². The van der Waals surface area contributed by atoms with E-state index in [1.54, 1.807) is 36.4 Å². The van der Waals surface area contributed by atoms with Gasteiger partial charge in [-0.15, -0.1) is 0 Å². The van der Waals surface area contributed by atoms with Gasteiger partial charge in [-0.2, -0.15) is 0 Å². The highest BCUT2D eigenvalue weighted by Gasteiger charge is 2.19. The highest BCUT2D eigenvalue weighted by Crippen LogP contribution is 2.28. The standard InChI is InChI=1S/C46H38F2O10/c1-3-5-23-53-35-15-9-30(10-16-35)43(49)57-41-21-13-32(27-39(41)47)45(51)55-37-19-7-29-8-20-38(26-34(29)25-37)56-46(52)33-14-22-42(40(48)28-33)58-44(50)31-11-17-36(18-12-31)54-24-6-4-2/h7-22,25-28H,3-6,23-24H2,1-2H3. The summed E-state index contributed by atoms with van der Waals surface area (Å²) < 4.78 is 62.5. The number of unbranched alkanes of at least 4 members (excludes halogenated alkanes) is 2. The van der Waals surface area contributed by atoms with E-state index < -0.39 is 35.5 Å². The number of ether oxygens (including phenoxy) is 6. The molecule has 0 amide bonds. The number of hydrogen-bond acceptors (Lipinski definition) is 10. The molecule has 58 heavy (non-hydrogen) atoms. The molecule has 0 saturated carbocycles. The van der Waals surface area contributed by atoms with Crippen LogP contribution in [0.25, 0.3) is 10.8 Å². The molecule has 12 heteroatoms. The van der Waals surface area contributed by atoms with E-state index in [1.807, 2.05) is 13.8 Å². The van der Waals surface area contributed by atoms with E-state index in [9.17, 15) is 28.0 Å². The minimum Gasteiger partial charge on any atom is -0.494 e. The number of rotatable bonds is 16. The third-order valence-corrected chi connectivity index (χ3v) is 8.66. The molecule has 0 aliphatic rings. The van der Waals surface area contributed by atoms with Crippen LogP contribution in [0, 0.1) is 11.6 Å². The first kappa shape index (κ1) is 40.6. The Labute approximate surface area is 332 Å². The Balaban J connectivity index is 1.04. The zero-order chi connectivity index (χ0) is 41.0. The Morgan fingerprint density at radius 2 is 0.776 bits per heavy atom. The molecule has 0 N–H and O–H groups in total. The van der Waals surface area contributed by atoms with Crippen molar-refractivity contribution in [3.63, 3.8) is 0 Å². The van der Waals surface area contributed by atoms with Gasteiger partial charge in [0, 0.05) is 0 Å². The molecule has 6 aromatic carbocycles. The number of carbonyl (C=O) groups excluding carboxylic acids is 4. The van der Waals surface area contributed by atoms with E-state index in [0.29, 0.717) is 35.5 Å². The fourth-order valence-corrected chi connectivity index (χ4v) is 5.44. The summed E-state index contributed by atoms with van der Waals surface area (Å²) >= 11 is 0. The number of esters is 4. The molecule has 6 aromatic rings. The first-order chi connectivity index (χ1) is 28.1. The third kappa shape index (κ3) is 10.6. The van der Waals surface area contributed by atoms with Gasteiger partial charge < -0.3 is 28.4 Å². The van der Waals surface area contributed by atoms with Crippen LogP contribution in [-0.2, 0) is 0 Å². The summed E-state index contributed by atoms with van der Waals surface area (Å²) in [5.74, 6) is -4.54. The van der Waals surface area contributed by atoms with Crippen molar-refractivity contribution >= 4 is 34.6 Å². The van der Waals surface area contributed by atoms with Crippen LogP contribution in [0.4, 0.5) is 8.78 Å². The van der Waals surface area contributed by atoms with E-state index in [0.717, 1.165) is 49.9 Å². The molecule has 0 spiro atoms. The van der Waals surface area contributed by atoms with Crippen molar-refractivity contribution in [2.45, 2.75) is 39.5 Å². The zero-order valence-corrected chi connectivity index (χ0v) is 31.6. The molecule has 0 aliphatic heterocycles. The maximum atomic E-state index is 15.0. The Morgan fingerprint density at radius 3 is 1.16 bits per heavy atom. The monoisotopic (exact) mass is 788 g/mol. The molecule has 0 aromatic heterocycles. The van der Waals surface area contributed by atoms with Gasteiger partial charge in [0.25, 0.3) is 0 Å². The van der Waals surface area contributed by atoms with Crippen LogP contribution >= 0.6 is 0 Å². The van der Waals surface area contributed by atoms with Crippen LogP contribution < -0.4 is 28.4 Å². The molecule has 296 valence electrons. The topological polar surface area (TPSA) is 124 Å². The predicted molar refractivity (Wildman–Crippen MR) is 210 cm³/mol. The summed E-state index contributed by atoms with van der Waals surface area (Å²) in [4.78, 5) is 51.1. The van der Waals surface area contributed by atoms with E-state index >= 15 is 0 Å². The summed E-state index contributed by atoms with van der Waals surface area (Å²) in [6, 6.07) is 28.6. The summed E-state index contributed by atoms with van der Waals surface area (Å²) in [7, 11) is 0. The minimum absolute atomic E-state index is 0.113. The average molecular weight is 789 g/mol. The van der Waals surface area contributed by atoms with Gasteiger partial charge in [-0.25, -0.2) is 28.0 Å². The molecule has 0 fully saturated rings. The van der Waals surface area contributed by atoms with Crippen LogP contribution in [0.5, 0.6) is 34.5 Å². The van der Waals surface area contributed by atoms with Crippen LogP contribution in [0.2, 0.25) is 0 Å². The van der Waals surface area contributed by atoms with Gasteiger partial charge in [0.1, 0.15) is 23.0 Å². The number of hydrogen-bond donors (Lipinski definition) is 0. The lowest BCUT2D eigenvalue weighted by Gasteiger charge is -2.10. The molecule has 0 bridgehead atoms. The molecule has 0 atom stereocenters. The third-order valence-electron chi connectivity index (χ3n) is 8.66. The van der Waals surface area contributed by atoms with Crippen molar-refractivity contribution in [3.05, 3.63) is 155 Å². The lowest BCUT2D eigenvalue weighted by molar-refractivity contribution is 0.0714. The van der Waals surface area contributed by atoms with E-state index in [-0.39, 0.29) is 45.3 Å². The first-order valence-electron chi connectivity index (χ1n) is 18.6. The van der Waals surface area contributed by atoms with Crippen molar-refractivity contribution in [2.24, 2.45) is 0 Å². The molecule has 10 nitrogen and oxygen atoms in total. The number of halogens is 2. The molecular formula is C46H38F2O10. The lowest BCUT2D eigenvalue weighted by Crippen LogP contribution is -2.12. The fraction of sp³-hybridized carbons (Fsp3) is 0.174. The van der Waals surface area contributed by atoms with Gasteiger partial charge in [-0.3, -0.25) is 0 Å². The van der Waals surface area contributed by atoms with Crippen LogP contribution in [-0.4, -0.2) is 37.1 Å². The number of benzene rings is 6. The van der Waals surface area contributed by atoms with E-state index in [4.69, 9.17) is 28.4 Å². The zero-order valence-electron chi connectivity index (χ0n) is 31.6. The van der Waals surface area contributed by atoms with Crippen molar-refractivity contribution < 1.29 is 56.4 Å². The highest BCUT2D eigenvalue weighted by molar-refractivity contribution is 5.95. The predicted octanol–water partition coefficient (Wildman–Crippen LogP) is 10.4. The average Bonchev–Trinajstić information content (AvgIpc) is 3.22. The van der Waals surface area contributed by atoms with Gasteiger partial charge in [0.15, 0.2) is 23.1 Å². The Morgan fingerprint density at radius 1 is 0.414 bits per heavy atom. The van der Waals surface area contributed by atoms with Gasteiger partial charge in [-0.05, 0) is 133 Å². The SMILES string of the molecule is CCCCOc1ccc(C(=O)Oc2ccc(C(=O)Oc3ccc4ccc(OC(=O)c5ccc(OC(=O)c6ccc(OCCCC)cc6)c(F)c5)cc4c3)cc2F)cc1. The van der Waals surface area contributed by atoms with Crippen molar-refractivity contribution in [1.82, 2.24) is 0 Å².